The van der Waals surface area contributed by atoms with Gasteiger partial charge in [0.25, 0.3) is 11.8 Å². The number of aliphatic hydroxyl groups is 1. The molecule has 5 heteroatoms. The lowest BCUT2D eigenvalue weighted by atomic mass is 10.1. The van der Waals surface area contributed by atoms with Crippen LogP contribution in [0.4, 0.5) is 0 Å². The summed E-state index contributed by atoms with van der Waals surface area (Å²) in [4.78, 5) is 27.9. The normalized spacial score (nSPS) is 22.6. The Morgan fingerprint density at radius 1 is 1.15 bits per heavy atom. The Kier molecular flexibility index (Phi) is 3.54. The van der Waals surface area contributed by atoms with Crippen molar-refractivity contribution in [3.8, 4) is 0 Å². The number of benzene rings is 1. The molecule has 0 bridgehead atoms. The molecule has 1 unspecified atom stereocenters. The van der Waals surface area contributed by atoms with Crippen LogP contribution in [0, 0.1) is 5.92 Å². The number of amides is 2. The average molecular weight is 274 g/mol. The van der Waals surface area contributed by atoms with Crippen molar-refractivity contribution in [1.82, 2.24) is 9.80 Å². The lowest BCUT2D eigenvalue weighted by Crippen LogP contribution is -2.40. The third kappa shape index (κ3) is 2.23. The summed E-state index contributed by atoms with van der Waals surface area (Å²) in [6, 6.07) is 6.96. The van der Waals surface area contributed by atoms with Gasteiger partial charge >= 0.3 is 0 Å². The number of likely N-dealkylation sites (tertiary alicyclic amines) is 1. The number of fused-ring (bicyclic) bond motifs is 1. The SMILES string of the molecule is O=C1c2ccccc2C(=O)N1CN1CCC(CCO)C1. The Bertz CT molecular complexity index is 509. The second-order valence-corrected chi connectivity index (χ2v) is 5.47. The van der Waals surface area contributed by atoms with E-state index in [-0.39, 0.29) is 18.4 Å². The highest BCUT2D eigenvalue weighted by atomic mass is 16.3. The number of hydrogen-bond donors (Lipinski definition) is 1. The van der Waals surface area contributed by atoms with Crippen molar-refractivity contribution in [2.45, 2.75) is 12.8 Å². The number of aliphatic hydroxyl groups excluding tert-OH is 1. The molecule has 3 rings (SSSR count). The van der Waals surface area contributed by atoms with E-state index in [1.807, 2.05) is 0 Å². The average Bonchev–Trinajstić information content (AvgIpc) is 2.99. The van der Waals surface area contributed by atoms with Crippen LogP contribution in [0.25, 0.3) is 0 Å². The molecule has 0 aromatic heterocycles. The van der Waals surface area contributed by atoms with E-state index in [0.29, 0.717) is 23.7 Å². The van der Waals surface area contributed by atoms with E-state index in [1.165, 1.54) is 4.90 Å². The molecule has 0 radical (unpaired) electrons. The van der Waals surface area contributed by atoms with Crippen LogP contribution >= 0.6 is 0 Å². The summed E-state index contributed by atoms with van der Waals surface area (Å²) in [5, 5.41) is 8.96. The van der Waals surface area contributed by atoms with E-state index in [0.717, 1.165) is 25.9 Å². The molecule has 1 atom stereocenters. The van der Waals surface area contributed by atoms with E-state index < -0.39 is 0 Å². The second kappa shape index (κ2) is 5.34. The van der Waals surface area contributed by atoms with Gasteiger partial charge in [-0.2, -0.15) is 0 Å². The summed E-state index contributed by atoms with van der Waals surface area (Å²) in [7, 11) is 0. The van der Waals surface area contributed by atoms with Gasteiger partial charge in [-0.1, -0.05) is 12.1 Å². The lowest BCUT2D eigenvalue weighted by Gasteiger charge is -2.22. The van der Waals surface area contributed by atoms with Gasteiger partial charge in [0.05, 0.1) is 17.8 Å². The maximum absolute atomic E-state index is 12.2. The zero-order valence-electron chi connectivity index (χ0n) is 11.3. The van der Waals surface area contributed by atoms with Gasteiger partial charge in [-0.15, -0.1) is 0 Å². The molecule has 1 aromatic rings. The van der Waals surface area contributed by atoms with Gasteiger partial charge in [-0.05, 0) is 30.9 Å². The Morgan fingerprint density at radius 3 is 2.40 bits per heavy atom. The molecule has 2 heterocycles. The Hall–Kier alpha value is -1.72. The van der Waals surface area contributed by atoms with Crippen molar-refractivity contribution in [2.75, 3.05) is 26.4 Å². The topological polar surface area (TPSA) is 60.9 Å². The van der Waals surface area contributed by atoms with Crippen molar-refractivity contribution in [1.29, 1.82) is 0 Å². The van der Waals surface area contributed by atoms with Crippen LogP contribution in [0.5, 0.6) is 0 Å². The summed E-state index contributed by atoms with van der Waals surface area (Å²) in [6.45, 7) is 2.27. The fourth-order valence-corrected chi connectivity index (χ4v) is 3.03. The van der Waals surface area contributed by atoms with Crippen LogP contribution < -0.4 is 0 Å². The third-order valence-electron chi connectivity index (χ3n) is 4.13. The fourth-order valence-electron chi connectivity index (χ4n) is 3.03. The molecule has 0 saturated carbocycles. The second-order valence-electron chi connectivity index (χ2n) is 5.47. The molecule has 2 aliphatic heterocycles. The number of imide groups is 1. The summed E-state index contributed by atoms with van der Waals surface area (Å²) < 4.78 is 0. The smallest absolute Gasteiger partial charge is 0.262 e. The van der Waals surface area contributed by atoms with E-state index in [9.17, 15) is 9.59 Å². The first-order valence-electron chi connectivity index (χ1n) is 6.99. The van der Waals surface area contributed by atoms with Gasteiger partial charge in [0, 0.05) is 19.7 Å². The molecule has 0 spiro atoms. The first-order chi connectivity index (χ1) is 9.70. The molecule has 1 saturated heterocycles. The highest BCUT2D eigenvalue weighted by molar-refractivity contribution is 6.21. The molecule has 1 N–H and O–H groups in total. The van der Waals surface area contributed by atoms with E-state index in [1.54, 1.807) is 24.3 Å². The van der Waals surface area contributed by atoms with Gasteiger partial charge in [0.1, 0.15) is 0 Å². The van der Waals surface area contributed by atoms with Gasteiger partial charge in [0.2, 0.25) is 0 Å². The van der Waals surface area contributed by atoms with E-state index in [4.69, 9.17) is 5.11 Å². The number of hydrogen-bond acceptors (Lipinski definition) is 4. The number of carbonyl (C=O) groups excluding carboxylic acids is 2. The molecular formula is C15H18N2O3. The van der Waals surface area contributed by atoms with Gasteiger partial charge in [-0.3, -0.25) is 19.4 Å². The van der Waals surface area contributed by atoms with E-state index in [2.05, 4.69) is 4.90 Å². The number of nitrogens with zero attached hydrogens (tertiary/aromatic N) is 2. The fraction of sp³-hybridized carbons (Fsp3) is 0.467. The predicted octanol–water partition coefficient (Wildman–Crippen LogP) is 0.944. The van der Waals surface area contributed by atoms with Gasteiger partial charge < -0.3 is 5.11 Å². The number of carbonyl (C=O) groups is 2. The van der Waals surface area contributed by atoms with Crippen LogP contribution in [0.2, 0.25) is 0 Å². The molecule has 106 valence electrons. The standard InChI is InChI=1S/C15H18N2O3/c18-8-6-11-5-7-16(9-11)10-17-14(19)12-3-1-2-4-13(12)15(17)20/h1-4,11,18H,5-10H2. The highest BCUT2D eigenvalue weighted by Crippen LogP contribution is 2.25. The molecule has 2 aliphatic rings. The summed E-state index contributed by atoms with van der Waals surface area (Å²) in [6.07, 6.45) is 1.81. The molecular weight excluding hydrogens is 256 g/mol. The maximum Gasteiger partial charge on any atom is 0.262 e. The molecule has 1 aromatic carbocycles. The molecule has 20 heavy (non-hydrogen) atoms. The minimum atomic E-state index is -0.198. The van der Waals surface area contributed by atoms with E-state index >= 15 is 0 Å². The van der Waals surface area contributed by atoms with Gasteiger partial charge in [0.15, 0.2) is 0 Å². The largest absolute Gasteiger partial charge is 0.396 e. The van der Waals surface area contributed by atoms with Crippen LogP contribution in [-0.4, -0.2) is 53.1 Å². The molecule has 0 aliphatic carbocycles. The molecule has 1 fully saturated rings. The number of rotatable bonds is 4. The minimum absolute atomic E-state index is 0.198. The minimum Gasteiger partial charge on any atom is -0.396 e. The van der Waals surface area contributed by atoms with Crippen LogP contribution in [0.1, 0.15) is 33.6 Å². The zero-order valence-corrected chi connectivity index (χ0v) is 11.3. The summed E-state index contributed by atoms with van der Waals surface area (Å²) >= 11 is 0. The summed E-state index contributed by atoms with van der Waals surface area (Å²) in [5.74, 6) is 0.0719. The zero-order chi connectivity index (χ0) is 14.1. The first kappa shape index (κ1) is 13.3. The van der Waals surface area contributed by atoms with Gasteiger partial charge in [-0.25, -0.2) is 0 Å². The quantitative estimate of drug-likeness (QED) is 0.830. The van der Waals surface area contributed by atoms with Crippen LogP contribution in [0.3, 0.4) is 0 Å². The monoisotopic (exact) mass is 274 g/mol. The Balaban J connectivity index is 1.68. The van der Waals surface area contributed by atoms with Crippen LogP contribution in [-0.2, 0) is 0 Å². The Morgan fingerprint density at radius 2 is 1.80 bits per heavy atom. The lowest BCUT2D eigenvalue weighted by molar-refractivity contribution is 0.0559. The van der Waals surface area contributed by atoms with Crippen molar-refractivity contribution in [3.05, 3.63) is 35.4 Å². The first-order valence-corrected chi connectivity index (χ1v) is 6.99. The summed E-state index contributed by atoms with van der Waals surface area (Å²) in [5.41, 5.74) is 1.01. The van der Waals surface area contributed by atoms with Crippen molar-refractivity contribution < 1.29 is 14.7 Å². The van der Waals surface area contributed by atoms with Crippen molar-refractivity contribution in [3.63, 3.8) is 0 Å². The van der Waals surface area contributed by atoms with Crippen LogP contribution in [0.15, 0.2) is 24.3 Å². The maximum atomic E-state index is 12.2. The Labute approximate surface area is 117 Å². The predicted molar refractivity (Wildman–Crippen MR) is 73.2 cm³/mol. The van der Waals surface area contributed by atoms with Crippen molar-refractivity contribution in [2.24, 2.45) is 5.92 Å². The highest BCUT2D eigenvalue weighted by Gasteiger charge is 2.37. The molecule has 5 nitrogen and oxygen atoms in total. The molecule has 2 amide bonds. The van der Waals surface area contributed by atoms with Crippen molar-refractivity contribution >= 4 is 11.8 Å². The third-order valence-corrected chi connectivity index (χ3v) is 4.13.